The van der Waals surface area contributed by atoms with E-state index >= 15 is 0 Å². The zero-order valence-corrected chi connectivity index (χ0v) is 16.1. The molecule has 1 spiro atoms. The maximum Gasteiger partial charge on any atom is 0.327 e. The van der Waals surface area contributed by atoms with Crippen LogP contribution in [0.5, 0.6) is 0 Å². The highest BCUT2D eigenvalue weighted by molar-refractivity contribution is 6.06. The number of piperidine rings is 1. The maximum atomic E-state index is 13.2. The first-order chi connectivity index (χ1) is 13.1. The summed E-state index contributed by atoms with van der Waals surface area (Å²) in [7, 11) is 1.80. The monoisotopic (exact) mass is 367 g/mol. The molecule has 27 heavy (non-hydrogen) atoms. The fourth-order valence-corrected chi connectivity index (χ4v) is 4.79. The molecule has 0 aromatic heterocycles. The van der Waals surface area contributed by atoms with E-state index < -0.39 is 5.54 Å². The Morgan fingerprint density at radius 2 is 1.81 bits per heavy atom. The molecule has 2 saturated heterocycles. The molecule has 2 aliphatic heterocycles. The van der Waals surface area contributed by atoms with Crippen LogP contribution in [0.25, 0.3) is 0 Å². The standard InChI is InChI=1S/C22H29N3O2/c1-23-21(27)25(17-19-10-6-3-7-11-19)20(26)22(23)12-14-24(15-13-22)16-18-8-4-2-5-9-18/h2-4,6-7,10-11,18H,5,8-9,12-17H2,1H3/t18-/m1/s1. The van der Waals surface area contributed by atoms with Crippen molar-refractivity contribution in [3.8, 4) is 0 Å². The third kappa shape index (κ3) is 3.41. The molecule has 1 aromatic rings. The van der Waals surface area contributed by atoms with E-state index in [1.54, 1.807) is 11.9 Å². The Labute approximate surface area is 161 Å². The highest BCUT2D eigenvalue weighted by Gasteiger charge is 2.56. The van der Waals surface area contributed by atoms with E-state index in [9.17, 15) is 9.59 Å². The topological polar surface area (TPSA) is 43.9 Å². The first-order valence-corrected chi connectivity index (χ1v) is 10.1. The Morgan fingerprint density at radius 3 is 2.48 bits per heavy atom. The molecule has 3 amide bonds. The Kier molecular flexibility index (Phi) is 5.04. The number of carbonyl (C=O) groups excluding carboxylic acids is 2. The quantitative estimate of drug-likeness (QED) is 0.606. The van der Waals surface area contributed by atoms with Crippen LogP contribution in [0, 0.1) is 5.92 Å². The van der Waals surface area contributed by atoms with Gasteiger partial charge in [0.05, 0.1) is 6.54 Å². The van der Waals surface area contributed by atoms with Gasteiger partial charge in [-0.15, -0.1) is 0 Å². The first kappa shape index (κ1) is 18.2. The Bertz CT molecular complexity index is 722. The number of likely N-dealkylation sites (N-methyl/N-ethyl adjacent to an activating group) is 1. The van der Waals surface area contributed by atoms with Crippen LogP contribution in [0.1, 0.15) is 37.7 Å². The van der Waals surface area contributed by atoms with E-state index in [0.29, 0.717) is 6.54 Å². The molecule has 0 unspecified atom stereocenters. The molecule has 0 bridgehead atoms. The number of rotatable bonds is 4. The number of likely N-dealkylation sites (tertiary alicyclic amines) is 1. The van der Waals surface area contributed by atoms with Crippen molar-refractivity contribution in [1.82, 2.24) is 14.7 Å². The van der Waals surface area contributed by atoms with Crippen LogP contribution >= 0.6 is 0 Å². The number of amides is 3. The first-order valence-electron chi connectivity index (χ1n) is 10.1. The van der Waals surface area contributed by atoms with Crippen LogP contribution in [0.15, 0.2) is 42.5 Å². The molecule has 5 heteroatoms. The zero-order chi connectivity index (χ0) is 18.9. The van der Waals surface area contributed by atoms with Crippen molar-refractivity contribution in [3.63, 3.8) is 0 Å². The molecule has 1 aliphatic carbocycles. The summed E-state index contributed by atoms with van der Waals surface area (Å²) in [6.45, 7) is 3.26. The van der Waals surface area contributed by atoms with E-state index in [2.05, 4.69) is 17.1 Å². The number of nitrogens with zero attached hydrogens (tertiary/aromatic N) is 3. The van der Waals surface area contributed by atoms with Crippen molar-refractivity contribution in [1.29, 1.82) is 0 Å². The van der Waals surface area contributed by atoms with E-state index in [4.69, 9.17) is 0 Å². The summed E-state index contributed by atoms with van der Waals surface area (Å²) < 4.78 is 0. The number of hydrogen-bond acceptors (Lipinski definition) is 3. The highest BCUT2D eigenvalue weighted by Crippen LogP contribution is 2.37. The fraction of sp³-hybridized carbons (Fsp3) is 0.545. The number of carbonyl (C=O) groups is 2. The largest absolute Gasteiger partial charge is 0.327 e. The molecule has 0 saturated carbocycles. The molecule has 0 N–H and O–H groups in total. The normalized spacial score (nSPS) is 25.6. The summed E-state index contributed by atoms with van der Waals surface area (Å²) in [6.07, 6.45) is 9.68. The molecule has 4 rings (SSSR count). The molecule has 3 aliphatic rings. The average molecular weight is 367 g/mol. The third-order valence-electron chi connectivity index (χ3n) is 6.56. The number of urea groups is 1. The molecular formula is C22H29N3O2. The summed E-state index contributed by atoms with van der Waals surface area (Å²) in [5, 5.41) is 0. The number of hydrogen-bond donors (Lipinski definition) is 0. The lowest BCUT2D eigenvalue weighted by atomic mass is 9.85. The molecular weight excluding hydrogens is 338 g/mol. The van der Waals surface area contributed by atoms with Crippen molar-refractivity contribution in [2.75, 3.05) is 26.7 Å². The molecule has 144 valence electrons. The lowest BCUT2D eigenvalue weighted by Crippen LogP contribution is -2.55. The van der Waals surface area contributed by atoms with Crippen molar-refractivity contribution in [2.45, 2.75) is 44.2 Å². The van der Waals surface area contributed by atoms with Gasteiger partial charge in [0.25, 0.3) is 5.91 Å². The van der Waals surface area contributed by atoms with E-state index in [1.807, 2.05) is 30.3 Å². The maximum absolute atomic E-state index is 13.2. The van der Waals surface area contributed by atoms with Gasteiger partial charge in [-0.2, -0.15) is 0 Å². The van der Waals surface area contributed by atoms with Gasteiger partial charge in [-0.25, -0.2) is 4.79 Å². The van der Waals surface area contributed by atoms with E-state index in [-0.39, 0.29) is 11.9 Å². The van der Waals surface area contributed by atoms with Crippen LogP contribution in [-0.4, -0.2) is 58.9 Å². The van der Waals surface area contributed by atoms with Crippen LogP contribution in [-0.2, 0) is 11.3 Å². The van der Waals surface area contributed by atoms with Gasteiger partial charge in [0, 0.05) is 26.7 Å². The lowest BCUT2D eigenvalue weighted by molar-refractivity contribution is -0.135. The van der Waals surface area contributed by atoms with Gasteiger partial charge in [-0.05, 0) is 43.6 Å². The summed E-state index contributed by atoms with van der Waals surface area (Å²) in [6, 6.07) is 9.61. The second kappa shape index (κ2) is 7.47. The van der Waals surface area contributed by atoms with Gasteiger partial charge in [0.1, 0.15) is 5.54 Å². The molecule has 5 nitrogen and oxygen atoms in total. The van der Waals surface area contributed by atoms with Gasteiger partial charge >= 0.3 is 6.03 Å². The number of imide groups is 1. The lowest BCUT2D eigenvalue weighted by Gasteiger charge is -2.41. The van der Waals surface area contributed by atoms with Crippen LogP contribution in [0.2, 0.25) is 0 Å². The van der Waals surface area contributed by atoms with Crippen LogP contribution in [0.3, 0.4) is 0 Å². The molecule has 1 aromatic carbocycles. The minimum absolute atomic E-state index is 0.0147. The van der Waals surface area contributed by atoms with Gasteiger partial charge in [0.2, 0.25) is 0 Å². The Hall–Kier alpha value is -2.14. The second-order valence-corrected chi connectivity index (χ2v) is 8.20. The summed E-state index contributed by atoms with van der Waals surface area (Å²) >= 11 is 0. The SMILES string of the molecule is CN1C(=O)N(Cc2ccccc2)C(=O)C12CCN(C[C@@H]1CC=CCC1)CC2. The average Bonchev–Trinajstić information content (AvgIpc) is 2.87. The zero-order valence-electron chi connectivity index (χ0n) is 16.1. The van der Waals surface area contributed by atoms with Gasteiger partial charge in [-0.3, -0.25) is 9.69 Å². The summed E-state index contributed by atoms with van der Waals surface area (Å²) in [5.41, 5.74) is 0.349. The third-order valence-corrected chi connectivity index (χ3v) is 6.56. The van der Waals surface area contributed by atoms with Gasteiger partial charge < -0.3 is 9.80 Å². The Morgan fingerprint density at radius 1 is 1.07 bits per heavy atom. The minimum atomic E-state index is -0.644. The number of allylic oxidation sites excluding steroid dienone is 2. The van der Waals surface area contributed by atoms with Crippen molar-refractivity contribution in [3.05, 3.63) is 48.0 Å². The molecule has 2 fully saturated rings. The fourth-order valence-electron chi connectivity index (χ4n) is 4.79. The smallest absolute Gasteiger partial charge is 0.312 e. The predicted octanol–water partition coefficient (Wildman–Crippen LogP) is 3.27. The predicted molar refractivity (Wildman–Crippen MR) is 105 cm³/mol. The van der Waals surface area contributed by atoms with Crippen molar-refractivity contribution >= 4 is 11.9 Å². The minimum Gasteiger partial charge on any atom is -0.312 e. The van der Waals surface area contributed by atoms with Crippen molar-refractivity contribution in [2.24, 2.45) is 5.92 Å². The molecule has 0 radical (unpaired) electrons. The molecule has 2 heterocycles. The van der Waals surface area contributed by atoms with Crippen LogP contribution < -0.4 is 0 Å². The summed E-state index contributed by atoms with van der Waals surface area (Å²) in [5.74, 6) is 0.719. The Balaban J connectivity index is 1.41. The van der Waals surface area contributed by atoms with Crippen molar-refractivity contribution < 1.29 is 9.59 Å². The highest BCUT2D eigenvalue weighted by atomic mass is 16.2. The summed E-state index contributed by atoms with van der Waals surface area (Å²) in [4.78, 5) is 31.7. The van der Waals surface area contributed by atoms with Gasteiger partial charge in [-0.1, -0.05) is 42.5 Å². The van der Waals surface area contributed by atoms with Crippen LogP contribution in [0.4, 0.5) is 4.79 Å². The van der Waals surface area contributed by atoms with E-state index in [0.717, 1.165) is 44.0 Å². The van der Waals surface area contributed by atoms with Gasteiger partial charge in [0.15, 0.2) is 0 Å². The van der Waals surface area contributed by atoms with E-state index in [1.165, 1.54) is 24.2 Å². The second-order valence-electron chi connectivity index (χ2n) is 8.20. The number of benzene rings is 1. The molecule has 1 atom stereocenters.